The Balaban J connectivity index is 2.02. The molecule has 1 aromatic carbocycles. The lowest BCUT2D eigenvalue weighted by atomic mass is 10.3. The third kappa shape index (κ3) is 2.79. The van der Waals surface area contributed by atoms with E-state index in [-0.39, 0.29) is 18.9 Å². The van der Waals surface area contributed by atoms with Gasteiger partial charge in [0.15, 0.2) is 5.13 Å². The quantitative estimate of drug-likeness (QED) is 0.710. The summed E-state index contributed by atoms with van der Waals surface area (Å²) in [6.07, 6.45) is -0.169. The van der Waals surface area contributed by atoms with E-state index in [2.05, 4.69) is 20.9 Å². The zero-order valence-electron chi connectivity index (χ0n) is 10.2. The van der Waals surface area contributed by atoms with E-state index < -0.39 is 20.1 Å². The second-order valence-corrected chi connectivity index (χ2v) is 9.31. The number of carbonyl (C=O) groups is 1. The van der Waals surface area contributed by atoms with E-state index in [1.165, 1.54) is 17.0 Å². The second-order valence-electron chi connectivity index (χ2n) is 4.54. The number of anilines is 1. The van der Waals surface area contributed by atoms with Crippen LogP contribution >= 0.6 is 37.9 Å². The molecule has 1 amide bonds. The van der Waals surface area contributed by atoms with Crippen molar-refractivity contribution in [1.29, 1.82) is 0 Å². The minimum absolute atomic E-state index is 0.0371. The number of amides is 1. The molecule has 0 radical (unpaired) electrons. The summed E-state index contributed by atoms with van der Waals surface area (Å²) in [4.78, 5) is 17.5. The number of hydrogen-bond donors (Lipinski definition) is 0. The molecule has 112 valence electrons. The molecule has 0 saturated carbocycles. The van der Waals surface area contributed by atoms with Crippen LogP contribution in [0.3, 0.4) is 0 Å². The van der Waals surface area contributed by atoms with Crippen LogP contribution < -0.4 is 4.90 Å². The van der Waals surface area contributed by atoms with E-state index in [1.807, 2.05) is 0 Å². The first-order valence-electron chi connectivity index (χ1n) is 5.75. The molecule has 1 aliphatic rings. The molecule has 1 atom stereocenters. The summed E-state index contributed by atoms with van der Waals surface area (Å²) in [5, 5.41) is -0.608. The molecule has 0 bridgehead atoms. The first-order valence-corrected chi connectivity index (χ1v) is 9.73. The zero-order valence-corrected chi connectivity index (χ0v) is 14.2. The summed E-state index contributed by atoms with van der Waals surface area (Å²) in [5.41, 5.74) is 0.529. The van der Waals surface area contributed by atoms with Gasteiger partial charge in [-0.1, -0.05) is 11.3 Å². The van der Waals surface area contributed by atoms with Gasteiger partial charge in [0, 0.05) is 28.1 Å². The highest BCUT2D eigenvalue weighted by atomic mass is 79.9. The zero-order chi connectivity index (χ0) is 15.4. The van der Waals surface area contributed by atoms with Crippen LogP contribution in [0.5, 0.6) is 0 Å². The van der Waals surface area contributed by atoms with E-state index in [1.54, 1.807) is 0 Å². The van der Waals surface area contributed by atoms with Crippen molar-refractivity contribution in [3.05, 3.63) is 22.4 Å². The predicted octanol–water partition coefficient (Wildman–Crippen LogP) is 2.87. The van der Waals surface area contributed by atoms with Crippen LogP contribution in [0.1, 0.15) is 6.42 Å². The number of rotatable bonds is 2. The Morgan fingerprint density at radius 2 is 2.19 bits per heavy atom. The Kier molecular flexibility index (Phi) is 3.71. The van der Waals surface area contributed by atoms with Crippen molar-refractivity contribution in [3.63, 3.8) is 0 Å². The number of aromatic nitrogens is 1. The highest BCUT2D eigenvalue weighted by Gasteiger charge is 2.39. The molecular weight excluding hydrogens is 407 g/mol. The van der Waals surface area contributed by atoms with E-state index in [9.17, 15) is 17.6 Å². The lowest BCUT2D eigenvalue weighted by Crippen LogP contribution is -2.26. The Hall–Kier alpha value is -0.770. The van der Waals surface area contributed by atoms with Crippen LogP contribution in [0.4, 0.5) is 9.52 Å². The molecule has 5 nitrogen and oxygen atoms in total. The fourth-order valence-corrected chi connectivity index (χ4v) is 4.83. The molecule has 21 heavy (non-hydrogen) atoms. The largest absolute Gasteiger partial charge is 0.287 e. The van der Waals surface area contributed by atoms with Gasteiger partial charge in [0.25, 0.3) is 0 Å². The fraction of sp³-hybridized carbons (Fsp3) is 0.273. The number of halogens is 3. The van der Waals surface area contributed by atoms with E-state index >= 15 is 0 Å². The van der Waals surface area contributed by atoms with E-state index in [4.69, 9.17) is 10.7 Å². The third-order valence-corrected chi connectivity index (χ3v) is 6.62. The average molecular weight is 414 g/mol. The summed E-state index contributed by atoms with van der Waals surface area (Å²) in [6, 6.07) is 2.60. The molecule has 1 fully saturated rings. The molecule has 1 unspecified atom stereocenters. The van der Waals surface area contributed by atoms with Crippen LogP contribution in [0, 0.1) is 5.82 Å². The van der Waals surface area contributed by atoms with Gasteiger partial charge in [0.1, 0.15) is 11.1 Å². The molecule has 1 aromatic heterocycles. The van der Waals surface area contributed by atoms with E-state index in [0.717, 1.165) is 11.3 Å². The number of fused-ring (bicyclic) bond motifs is 1. The molecule has 0 N–H and O–H groups in total. The Bertz CT molecular complexity index is 855. The molecule has 1 saturated heterocycles. The highest BCUT2D eigenvalue weighted by Crippen LogP contribution is 2.36. The molecule has 0 spiro atoms. The van der Waals surface area contributed by atoms with Gasteiger partial charge < -0.3 is 0 Å². The number of hydrogen-bond acceptors (Lipinski definition) is 5. The minimum atomic E-state index is -3.80. The minimum Gasteiger partial charge on any atom is -0.287 e. The maximum Gasteiger partial charge on any atom is 0.237 e. The van der Waals surface area contributed by atoms with Crippen LogP contribution in [-0.2, 0) is 13.8 Å². The Morgan fingerprint density at radius 3 is 2.81 bits per heavy atom. The molecule has 3 rings (SSSR count). The van der Waals surface area contributed by atoms with Gasteiger partial charge in [0.05, 0.1) is 10.2 Å². The van der Waals surface area contributed by atoms with Crippen molar-refractivity contribution in [1.82, 2.24) is 4.98 Å². The topological polar surface area (TPSA) is 67.3 Å². The van der Waals surface area contributed by atoms with Crippen LogP contribution in [-0.4, -0.2) is 31.1 Å². The molecular formula is C11H7BrClFN2O3S2. The third-order valence-electron chi connectivity index (χ3n) is 3.12. The standard InChI is InChI=1S/C11H7BrClFN2O3S2/c12-7-1-5(14)2-8-10(7)15-11(20-8)16-4-6(3-9(16)17)21(13,18)19/h1-2,6H,3-4H2. The lowest BCUT2D eigenvalue weighted by Gasteiger charge is -2.11. The van der Waals surface area contributed by atoms with Gasteiger partial charge in [-0.2, -0.15) is 0 Å². The van der Waals surface area contributed by atoms with Crippen molar-refractivity contribution in [2.75, 3.05) is 11.4 Å². The van der Waals surface area contributed by atoms with Crippen LogP contribution in [0.2, 0.25) is 0 Å². The predicted molar refractivity (Wildman–Crippen MR) is 82.8 cm³/mol. The fourth-order valence-electron chi connectivity index (χ4n) is 2.11. The van der Waals surface area contributed by atoms with Gasteiger partial charge in [-0.05, 0) is 28.1 Å². The summed E-state index contributed by atoms with van der Waals surface area (Å²) in [6.45, 7) is -0.0371. The van der Waals surface area contributed by atoms with Crippen molar-refractivity contribution in [3.8, 4) is 0 Å². The normalized spacial score (nSPS) is 19.7. The summed E-state index contributed by atoms with van der Waals surface area (Å²) < 4.78 is 37.1. The second kappa shape index (κ2) is 5.15. The van der Waals surface area contributed by atoms with Gasteiger partial charge in [-0.3, -0.25) is 9.69 Å². The van der Waals surface area contributed by atoms with Crippen LogP contribution in [0.25, 0.3) is 10.2 Å². The summed E-state index contributed by atoms with van der Waals surface area (Å²) in [5.74, 6) is -0.779. The number of nitrogens with zero attached hydrogens (tertiary/aromatic N) is 2. The summed E-state index contributed by atoms with van der Waals surface area (Å²) >= 11 is 4.34. The lowest BCUT2D eigenvalue weighted by molar-refractivity contribution is -0.117. The molecule has 2 heterocycles. The average Bonchev–Trinajstić information content (AvgIpc) is 2.91. The maximum atomic E-state index is 13.4. The van der Waals surface area contributed by atoms with Crippen LogP contribution in [0.15, 0.2) is 16.6 Å². The Morgan fingerprint density at radius 1 is 1.48 bits per heavy atom. The molecule has 0 aliphatic carbocycles. The number of benzene rings is 1. The van der Waals surface area contributed by atoms with Crippen molar-refractivity contribution in [2.45, 2.75) is 11.7 Å². The summed E-state index contributed by atoms with van der Waals surface area (Å²) in [7, 11) is 1.50. The highest BCUT2D eigenvalue weighted by molar-refractivity contribution is 9.10. The van der Waals surface area contributed by atoms with Crippen molar-refractivity contribution >= 4 is 68.3 Å². The maximum absolute atomic E-state index is 13.4. The SMILES string of the molecule is O=C1CC(S(=O)(=O)Cl)CN1c1nc2c(Br)cc(F)cc2s1. The Labute approximate surface area is 136 Å². The van der Waals surface area contributed by atoms with Gasteiger partial charge in [-0.25, -0.2) is 17.8 Å². The molecule has 2 aromatic rings. The first-order chi connectivity index (χ1) is 9.75. The van der Waals surface area contributed by atoms with E-state index in [0.29, 0.717) is 19.8 Å². The number of thiazole rings is 1. The number of carbonyl (C=O) groups excluding carboxylic acids is 1. The molecule has 10 heteroatoms. The smallest absolute Gasteiger partial charge is 0.237 e. The molecule has 1 aliphatic heterocycles. The monoisotopic (exact) mass is 412 g/mol. The van der Waals surface area contributed by atoms with Gasteiger partial charge in [0.2, 0.25) is 15.0 Å². The van der Waals surface area contributed by atoms with Gasteiger partial charge in [-0.15, -0.1) is 0 Å². The van der Waals surface area contributed by atoms with Gasteiger partial charge >= 0.3 is 0 Å². The van der Waals surface area contributed by atoms with Crippen molar-refractivity contribution in [2.24, 2.45) is 0 Å². The van der Waals surface area contributed by atoms with Crippen molar-refractivity contribution < 1.29 is 17.6 Å². The first kappa shape index (κ1) is 15.1.